The third-order valence-corrected chi connectivity index (χ3v) is 4.49. The Hall–Kier alpha value is -2.76. The second-order valence-corrected chi connectivity index (χ2v) is 6.53. The van der Waals surface area contributed by atoms with Crippen LogP contribution in [0.4, 0.5) is 5.82 Å². The fraction of sp³-hybridized carbons (Fsp3) is 0.333. The summed E-state index contributed by atoms with van der Waals surface area (Å²) < 4.78 is 5.45. The molecule has 2 heterocycles. The molecule has 4 rings (SSSR count). The van der Waals surface area contributed by atoms with E-state index in [-0.39, 0.29) is 5.41 Å². The number of anilines is 1. The summed E-state index contributed by atoms with van der Waals surface area (Å²) in [7, 11) is 3.85. The zero-order valence-electron chi connectivity index (χ0n) is 14.0. The number of aryl methyl sites for hydroxylation is 1. The van der Waals surface area contributed by atoms with Crippen molar-refractivity contribution in [1.29, 1.82) is 0 Å². The molecule has 24 heavy (non-hydrogen) atoms. The normalized spacial score (nSPS) is 15.3. The van der Waals surface area contributed by atoms with Gasteiger partial charge in [0.2, 0.25) is 0 Å². The van der Waals surface area contributed by atoms with Crippen LogP contribution in [0, 0.1) is 6.92 Å². The van der Waals surface area contributed by atoms with Crippen molar-refractivity contribution >= 4 is 5.82 Å². The van der Waals surface area contributed by atoms with Crippen molar-refractivity contribution in [1.82, 2.24) is 20.1 Å². The van der Waals surface area contributed by atoms with E-state index < -0.39 is 0 Å². The molecule has 1 fully saturated rings. The van der Waals surface area contributed by atoms with Crippen molar-refractivity contribution in [2.45, 2.75) is 25.2 Å². The van der Waals surface area contributed by atoms with E-state index in [4.69, 9.17) is 4.52 Å². The molecule has 2 aromatic heterocycles. The molecule has 0 saturated heterocycles. The maximum atomic E-state index is 5.45. The van der Waals surface area contributed by atoms with Crippen LogP contribution in [0.1, 0.15) is 29.8 Å². The van der Waals surface area contributed by atoms with Crippen molar-refractivity contribution < 1.29 is 4.52 Å². The molecule has 0 unspecified atom stereocenters. The minimum Gasteiger partial charge on any atom is -0.361 e. The van der Waals surface area contributed by atoms with E-state index in [1.165, 1.54) is 11.1 Å². The number of rotatable bonds is 4. The van der Waals surface area contributed by atoms with Crippen LogP contribution in [-0.2, 0) is 5.41 Å². The molecule has 0 aliphatic heterocycles. The zero-order chi connectivity index (χ0) is 16.7. The smallest absolute Gasteiger partial charge is 0.278 e. The second kappa shape index (κ2) is 5.40. The minimum absolute atomic E-state index is 0.106. The lowest BCUT2D eigenvalue weighted by Gasteiger charge is -2.11. The molecule has 122 valence electrons. The van der Waals surface area contributed by atoms with Crippen molar-refractivity contribution in [3.05, 3.63) is 53.6 Å². The molecule has 0 N–H and O–H groups in total. The first-order chi connectivity index (χ1) is 11.6. The monoisotopic (exact) mass is 321 g/mol. The molecule has 0 radical (unpaired) electrons. The van der Waals surface area contributed by atoms with E-state index in [0.717, 1.165) is 24.5 Å². The Balaban J connectivity index is 1.65. The van der Waals surface area contributed by atoms with Crippen LogP contribution in [0.2, 0.25) is 0 Å². The average molecular weight is 321 g/mol. The van der Waals surface area contributed by atoms with Gasteiger partial charge in [0.1, 0.15) is 11.5 Å². The fourth-order valence-electron chi connectivity index (χ4n) is 2.89. The van der Waals surface area contributed by atoms with Gasteiger partial charge >= 0.3 is 0 Å². The molecule has 6 heteroatoms. The molecule has 3 aromatic rings. The summed E-state index contributed by atoms with van der Waals surface area (Å²) >= 11 is 0. The summed E-state index contributed by atoms with van der Waals surface area (Å²) in [6.07, 6.45) is 5.45. The van der Waals surface area contributed by atoms with E-state index in [2.05, 4.69) is 51.3 Å². The van der Waals surface area contributed by atoms with E-state index in [1.54, 1.807) is 12.4 Å². The van der Waals surface area contributed by atoms with Gasteiger partial charge in [0.05, 0.1) is 17.8 Å². The first-order valence-corrected chi connectivity index (χ1v) is 7.99. The van der Waals surface area contributed by atoms with Gasteiger partial charge in [-0.15, -0.1) is 0 Å². The van der Waals surface area contributed by atoms with Gasteiger partial charge in [0, 0.05) is 14.1 Å². The standard InChI is InChI=1S/C18H19N5O/c1-12-5-4-6-13(9-12)18(7-8-18)17-21-16(24-22-17)14-10-20-15(11-19-14)23(2)3/h4-6,9-11H,7-8H2,1-3H3. The fourth-order valence-corrected chi connectivity index (χ4v) is 2.89. The van der Waals surface area contributed by atoms with Crippen LogP contribution in [0.25, 0.3) is 11.6 Å². The van der Waals surface area contributed by atoms with Gasteiger partial charge in [0.25, 0.3) is 5.89 Å². The molecule has 0 spiro atoms. The Morgan fingerprint density at radius 2 is 1.96 bits per heavy atom. The average Bonchev–Trinajstić information content (AvgIpc) is 3.25. The molecule has 0 amide bonds. The van der Waals surface area contributed by atoms with Crippen LogP contribution in [0.5, 0.6) is 0 Å². The van der Waals surface area contributed by atoms with Gasteiger partial charge in [-0.2, -0.15) is 4.98 Å². The molecule has 1 saturated carbocycles. The Labute approximate surface area is 140 Å². The third kappa shape index (κ3) is 2.44. The molecule has 0 bridgehead atoms. The summed E-state index contributed by atoms with van der Waals surface area (Å²) in [6.45, 7) is 2.10. The largest absolute Gasteiger partial charge is 0.361 e. The van der Waals surface area contributed by atoms with Crippen LogP contribution in [0.15, 0.2) is 41.2 Å². The van der Waals surface area contributed by atoms with E-state index in [9.17, 15) is 0 Å². The molecular weight excluding hydrogens is 302 g/mol. The number of hydrogen-bond acceptors (Lipinski definition) is 6. The van der Waals surface area contributed by atoms with Crippen LogP contribution >= 0.6 is 0 Å². The van der Waals surface area contributed by atoms with Gasteiger partial charge in [-0.1, -0.05) is 35.0 Å². The number of benzene rings is 1. The summed E-state index contributed by atoms with van der Waals surface area (Å²) in [6, 6.07) is 8.52. The number of nitrogens with zero attached hydrogens (tertiary/aromatic N) is 5. The van der Waals surface area contributed by atoms with Crippen LogP contribution < -0.4 is 4.90 Å². The third-order valence-electron chi connectivity index (χ3n) is 4.49. The Morgan fingerprint density at radius 3 is 2.58 bits per heavy atom. The summed E-state index contributed by atoms with van der Waals surface area (Å²) in [5.41, 5.74) is 2.99. The lowest BCUT2D eigenvalue weighted by atomic mass is 9.94. The summed E-state index contributed by atoms with van der Waals surface area (Å²) in [5.74, 6) is 1.94. The minimum atomic E-state index is -0.106. The Bertz CT molecular complexity index is 865. The highest BCUT2D eigenvalue weighted by molar-refractivity contribution is 5.49. The van der Waals surface area contributed by atoms with E-state index in [1.807, 2.05) is 19.0 Å². The predicted molar refractivity (Wildman–Crippen MR) is 90.8 cm³/mol. The molecular formula is C18H19N5O. The SMILES string of the molecule is Cc1cccc(C2(c3noc(-c4cnc(N(C)C)cn4)n3)CC2)c1. The van der Waals surface area contributed by atoms with Gasteiger partial charge in [-0.05, 0) is 25.3 Å². The second-order valence-electron chi connectivity index (χ2n) is 6.53. The predicted octanol–water partition coefficient (Wildman–Crippen LogP) is 2.98. The highest BCUT2D eigenvalue weighted by Gasteiger charge is 2.50. The van der Waals surface area contributed by atoms with Gasteiger partial charge in [0.15, 0.2) is 5.82 Å². The quantitative estimate of drug-likeness (QED) is 0.736. The molecule has 0 atom stereocenters. The first-order valence-electron chi connectivity index (χ1n) is 7.99. The molecule has 1 aromatic carbocycles. The molecule has 1 aliphatic carbocycles. The highest BCUT2D eigenvalue weighted by atomic mass is 16.5. The Morgan fingerprint density at radius 1 is 1.12 bits per heavy atom. The maximum absolute atomic E-state index is 5.45. The van der Waals surface area contributed by atoms with Gasteiger partial charge in [-0.25, -0.2) is 9.97 Å². The van der Waals surface area contributed by atoms with Crippen molar-refractivity contribution in [2.24, 2.45) is 0 Å². The summed E-state index contributed by atoms with van der Waals surface area (Å²) in [4.78, 5) is 15.2. The van der Waals surface area contributed by atoms with Crippen molar-refractivity contribution in [3.8, 4) is 11.6 Å². The van der Waals surface area contributed by atoms with Crippen LogP contribution in [0.3, 0.4) is 0 Å². The topological polar surface area (TPSA) is 67.9 Å². The van der Waals surface area contributed by atoms with E-state index >= 15 is 0 Å². The van der Waals surface area contributed by atoms with Crippen LogP contribution in [-0.4, -0.2) is 34.2 Å². The molecule has 1 aliphatic rings. The lowest BCUT2D eigenvalue weighted by molar-refractivity contribution is 0.416. The van der Waals surface area contributed by atoms with Gasteiger partial charge in [-0.3, -0.25) is 0 Å². The van der Waals surface area contributed by atoms with Crippen molar-refractivity contribution in [2.75, 3.05) is 19.0 Å². The summed E-state index contributed by atoms with van der Waals surface area (Å²) in [5, 5.41) is 4.23. The first kappa shape index (κ1) is 14.8. The lowest BCUT2D eigenvalue weighted by Crippen LogP contribution is -2.11. The zero-order valence-corrected chi connectivity index (χ0v) is 14.0. The highest BCUT2D eigenvalue weighted by Crippen LogP contribution is 2.52. The Kier molecular flexibility index (Phi) is 3.33. The van der Waals surface area contributed by atoms with E-state index in [0.29, 0.717) is 11.6 Å². The van der Waals surface area contributed by atoms with Gasteiger partial charge < -0.3 is 9.42 Å². The maximum Gasteiger partial charge on any atom is 0.278 e. The number of aromatic nitrogens is 4. The van der Waals surface area contributed by atoms with Crippen molar-refractivity contribution in [3.63, 3.8) is 0 Å². The number of hydrogen-bond donors (Lipinski definition) is 0. The molecule has 6 nitrogen and oxygen atoms in total.